The summed E-state index contributed by atoms with van der Waals surface area (Å²) in [6.07, 6.45) is 0. The van der Waals surface area contributed by atoms with E-state index in [1.807, 2.05) is 57.8 Å². The van der Waals surface area contributed by atoms with E-state index in [0.29, 0.717) is 11.4 Å². The number of amides is 1. The summed E-state index contributed by atoms with van der Waals surface area (Å²) in [7, 11) is 1.86. The molecule has 1 unspecified atom stereocenters. The number of hydrogen-bond donors (Lipinski definition) is 2. The van der Waals surface area contributed by atoms with Crippen LogP contribution in [0.15, 0.2) is 36.4 Å². The molecule has 0 aromatic heterocycles. The van der Waals surface area contributed by atoms with E-state index in [1.165, 1.54) is 6.07 Å². The molecule has 140 valence electrons. The predicted octanol–water partition coefficient (Wildman–Crippen LogP) is 4.73. The number of hydrogen-bond acceptors (Lipinski definition) is 3. The number of carbonyl (C=O) groups excluding carboxylic acids is 1. The maximum Gasteiger partial charge on any atom is 0.246 e. The van der Waals surface area contributed by atoms with Crippen molar-refractivity contribution in [1.29, 1.82) is 0 Å². The van der Waals surface area contributed by atoms with Gasteiger partial charge in [-0.25, -0.2) is 4.39 Å². The highest BCUT2D eigenvalue weighted by atomic mass is 19.1. The fourth-order valence-electron chi connectivity index (χ4n) is 2.59. The van der Waals surface area contributed by atoms with Crippen LogP contribution in [0.2, 0.25) is 0 Å². The van der Waals surface area contributed by atoms with Crippen molar-refractivity contribution in [3.63, 3.8) is 0 Å². The SMILES string of the molecule is Cc1ccc(C)c(NC(=O)C(C)Nc2ccc(N(C)C(C)C)c(F)c2)c1. The number of benzene rings is 2. The van der Waals surface area contributed by atoms with Gasteiger partial charge in [-0.2, -0.15) is 0 Å². The van der Waals surface area contributed by atoms with Crippen molar-refractivity contribution in [2.24, 2.45) is 0 Å². The molecule has 0 aliphatic heterocycles. The Morgan fingerprint density at radius 2 is 1.77 bits per heavy atom. The summed E-state index contributed by atoms with van der Waals surface area (Å²) in [5.74, 6) is -0.476. The molecule has 0 aliphatic carbocycles. The molecule has 0 aliphatic rings. The molecular formula is C21H28FN3O. The minimum Gasteiger partial charge on any atom is -0.374 e. The summed E-state index contributed by atoms with van der Waals surface area (Å²) in [4.78, 5) is 14.3. The van der Waals surface area contributed by atoms with Gasteiger partial charge in [-0.05, 0) is 70.0 Å². The van der Waals surface area contributed by atoms with Crippen LogP contribution in [0.3, 0.4) is 0 Å². The Bertz CT molecular complexity index is 789. The molecule has 5 heteroatoms. The third-order valence-electron chi connectivity index (χ3n) is 4.53. The molecule has 0 saturated heterocycles. The summed E-state index contributed by atoms with van der Waals surface area (Å²) in [5.41, 5.74) is 4.00. The number of nitrogens with zero attached hydrogens (tertiary/aromatic N) is 1. The quantitative estimate of drug-likeness (QED) is 0.786. The van der Waals surface area contributed by atoms with Gasteiger partial charge in [-0.3, -0.25) is 4.79 Å². The minimum absolute atomic E-state index is 0.164. The summed E-state index contributed by atoms with van der Waals surface area (Å²) in [6.45, 7) is 9.70. The summed E-state index contributed by atoms with van der Waals surface area (Å²) >= 11 is 0. The Morgan fingerprint density at radius 1 is 1.08 bits per heavy atom. The first-order valence-electron chi connectivity index (χ1n) is 8.86. The van der Waals surface area contributed by atoms with E-state index < -0.39 is 6.04 Å². The van der Waals surface area contributed by atoms with Crippen LogP contribution in [0.4, 0.5) is 21.5 Å². The molecule has 0 spiro atoms. The maximum atomic E-state index is 14.4. The molecule has 2 aromatic rings. The van der Waals surface area contributed by atoms with Crippen LogP contribution >= 0.6 is 0 Å². The Hall–Kier alpha value is -2.56. The largest absolute Gasteiger partial charge is 0.374 e. The molecule has 2 rings (SSSR count). The zero-order valence-corrected chi connectivity index (χ0v) is 16.4. The highest BCUT2D eigenvalue weighted by Gasteiger charge is 2.16. The normalized spacial score (nSPS) is 12.0. The molecule has 2 N–H and O–H groups in total. The first kappa shape index (κ1) is 19.8. The lowest BCUT2D eigenvalue weighted by Crippen LogP contribution is -2.32. The standard InChI is InChI=1S/C21H28FN3O/c1-13(2)25(6)20-10-9-17(12-18(20)22)23-16(5)21(26)24-19-11-14(3)7-8-15(19)4/h7-13,16,23H,1-6H3,(H,24,26). The lowest BCUT2D eigenvalue weighted by atomic mass is 10.1. The molecule has 26 heavy (non-hydrogen) atoms. The third kappa shape index (κ3) is 4.75. The number of carbonyl (C=O) groups is 1. The van der Waals surface area contributed by atoms with Gasteiger partial charge in [0.25, 0.3) is 0 Å². The topological polar surface area (TPSA) is 44.4 Å². The average molecular weight is 357 g/mol. The summed E-state index contributed by atoms with van der Waals surface area (Å²) in [6, 6.07) is 10.6. The molecule has 0 saturated carbocycles. The molecule has 0 bridgehead atoms. The van der Waals surface area contributed by atoms with Crippen LogP contribution in [0.1, 0.15) is 31.9 Å². The van der Waals surface area contributed by atoms with Crippen molar-refractivity contribution >= 4 is 23.0 Å². The number of halogens is 1. The van der Waals surface area contributed by atoms with E-state index in [1.54, 1.807) is 19.1 Å². The average Bonchev–Trinajstić information content (AvgIpc) is 2.57. The number of anilines is 3. The van der Waals surface area contributed by atoms with E-state index in [2.05, 4.69) is 10.6 Å². The van der Waals surface area contributed by atoms with Crippen molar-refractivity contribution in [3.05, 3.63) is 53.3 Å². The highest BCUT2D eigenvalue weighted by molar-refractivity contribution is 5.96. The minimum atomic E-state index is -0.497. The zero-order chi connectivity index (χ0) is 19.4. The Balaban J connectivity index is 2.07. The Morgan fingerprint density at radius 3 is 2.38 bits per heavy atom. The Kier molecular flexibility index (Phi) is 6.24. The second-order valence-electron chi connectivity index (χ2n) is 7.04. The predicted molar refractivity (Wildman–Crippen MR) is 108 cm³/mol. The molecule has 1 amide bonds. The van der Waals surface area contributed by atoms with Crippen LogP contribution in [-0.2, 0) is 4.79 Å². The number of rotatable bonds is 6. The van der Waals surface area contributed by atoms with Crippen molar-refractivity contribution in [1.82, 2.24) is 0 Å². The van der Waals surface area contributed by atoms with Crippen molar-refractivity contribution in [2.45, 2.75) is 46.7 Å². The monoisotopic (exact) mass is 357 g/mol. The van der Waals surface area contributed by atoms with Crippen LogP contribution < -0.4 is 15.5 Å². The van der Waals surface area contributed by atoms with Gasteiger partial charge in [0, 0.05) is 24.5 Å². The van der Waals surface area contributed by atoms with Crippen LogP contribution in [-0.4, -0.2) is 25.0 Å². The van der Waals surface area contributed by atoms with E-state index in [9.17, 15) is 9.18 Å². The smallest absolute Gasteiger partial charge is 0.246 e. The van der Waals surface area contributed by atoms with Crippen LogP contribution in [0.5, 0.6) is 0 Å². The Labute approximate surface area is 155 Å². The van der Waals surface area contributed by atoms with Crippen molar-refractivity contribution in [3.8, 4) is 0 Å². The first-order valence-corrected chi connectivity index (χ1v) is 8.86. The van der Waals surface area contributed by atoms with E-state index in [0.717, 1.165) is 16.8 Å². The fraction of sp³-hybridized carbons (Fsp3) is 0.381. The van der Waals surface area contributed by atoms with Gasteiger partial charge in [0.1, 0.15) is 11.9 Å². The van der Waals surface area contributed by atoms with Crippen molar-refractivity contribution in [2.75, 3.05) is 22.6 Å². The lowest BCUT2D eigenvalue weighted by Gasteiger charge is -2.25. The zero-order valence-electron chi connectivity index (χ0n) is 16.4. The van der Waals surface area contributed by atoms with E-state index in [-0.39, 0.29) is 17.8 Å². The van der Waals surface area contributed by atoms with Gasteiger partial charge in [-0.15, -0.1) is 0 Å². The lowest BCUT2D eigenvalue weighted by molar-refractivity contribution is -0.116. The van der Waals surface area contributed by atoms with Gasteiger partial charge in [0.2, 0.25) is 5.91 Å². The van der Waals surface area contributed by atoms with Gasteiger partial charge in [0.05, 0.1) is 5.69 Å². The van der Waals surface area contributed by atoms with Crippen LogP contribution in [0.25, 0.3) is 0 Å². The van der Waals surface area contributed by atoms with E-state index in [4.69, 9.17) is 0 Å². The molecule has 2 aromatic carbocycles. The van der Waals surface area contributed by atoms with Gasteiger partial charge in [0.15, 0.2) is 0 Å². The van der Waals surface area contributed by atoms with Gasteiger partial charge < -0.3 is 15.5 Å². The van der Waals surface area contributed by atoms with Crippen molar-refractivity contribution < 1.29 is 9.18 Å². The number of aryl methyl sites for hydroxylation is 2. The third-order valence-corrected chi connectivity index (χ3v) is 4.53. The molecule has 0 heterocycles. The van der Waals surface area contributed by atoms with E-state index >= 15 is 0 Å². The highest BCUT2D eigenvalue weighted by Crippen LogP contribution is 2.24. The van der Waals surface area contributed by atoms with Crippen LogP contribution in [0, 0.1) is 19.7 Å². The maximum absolute atomic E-state index is 14.4. The molecule has 0 fully saturated rings. The second-order valence-corrected chi connectivity index (χ2v) is 7.04. The molecule has 1 atom stereocenters. The number of nitrogens with one attached hydrogen (secondary N) is 2. The van der Waals surface area contributed by atoms with Gasteiger partial charge in [-0.1, -0.05) is 12.1 Å². The van der Waals surface area contributed by atoms with Gasteiger partial charge >= 0.3 is 0 Å². The summed E-state index contributed by atoms with van der Waals surface area (Å²) in [5, 5.41) is 5.99. The summed E-state index contributed by atoms with van der Waals surface area (Å²) < 4.78 is 14.4. The molecule has 0 radical (unpaired) electrons. The molecule has 4 nitrogen and oxygen atoms in total. The second kappa shape index (κ2) is 8.21. The first-order chi connectivity index (χ1) is 12.2. The molecular weight excluding hydrogens is 329 g/mol. The fourth-order valence-corrected chi connectivity index (χ4v) is 2.59.